The van der Waals surface area contributed by atoms with Gasteiger partial charge in [-0.25, -0.2) is 0 Å². The van der Waals surface area contributed by atoms with Crippen molar-refractivity contribution in [3.8, 4) is 11.5 Å². The zero-order chi connectivity index (χ0) is 21.2. The summed E-state index contributed by atoms with van der Waals surface area (Å²) in [5.74, 6) is 2.67. The van der Waals surface area contributed by atoms with Crippen molar-refractivity contribution in [2.24, 2.45) is 0 Å². The Morgan fingerprint density at radius 3 is 2.34 bits per heavy atom. The third-order valence-electron chi connectivity index (χ3n) is 4.84. The van der Waals surface area contributed by atoms with Crippen LogP contribution in [-0.4, -0.2) is 31.5 Å². The van der Waals surface area contributed by atoms with E-state index >= 15 is 0 Å². The maximum absolute atomic E-state index is 11.3. The second kappa shape index (κ2) is 11.7. The molecule has 0 aromatic heterocycles. The molecule has 0 radical (unpaired) electrons. The molecule has 0 N–H and O–H groups in total. The van der Waals surface area contributed by atoms with E-state index in [1.54, 1.807) is 17.8 Å². The standard InChI is InChI=1S/C22H29NO5S/c1-5-16(2)18-8-6-17(7-9-18)14-28-10-11-29-15-19-12-21(26-3)22(27-4)13-20(19)23(24)25/h6-9,12-13,16H,5,10-11,14-15H2,1-4H3. The van der Waals surface area contributed by atoms with Crippen LogP contribution in [0.5, 0.6) is 11.5 Å². The molecule has 1 atom stereocenters. The Labute approximate surface area is 176 Å². The van der Waals surface area contributed by atoms with Gasteiger partial charge in [-0.1, -0.05) is 38.1 Å². The van der Waals surface area contributed by atoms with Gasteiger partial charge < -0.3 is 14.2 Å². The summed E-state index contributed by atoms with van der Waals surface area (Å²) in [5.41, 5.74) is 3.15. The maximum atomic E-state index is 11.3. The van der Waals surface area contributed by atoms with Gasteiger partial charge in [-0.05, 0) is 29.5 Å². The van der Waals surface area contributed by atoms with Gasteiger partial charge in [-0.3, -0.25) is 10.1 Å². The first kappa shape index (κ1) is 23.0. The molecular weight excluding hydrogens is 390 g/mol. The molecule has 2 aromatic carbocycles. The van der Waals surface area contributed by atoms with Gasteiger partial charge in [0.25, 0.3) is 5.69 Å². The summed E-state index contributed by atoms with van der Waals surface area (Å²) in [7, 11) is 2.98. The molecule has 158 valence electrons. The summed E-state index contributed by atoms with van der Waals surface area (Å²) < 4.78 is 16.2. The van der Waals surface area contributed by atoms with Gasteiger partial charge in [0.05, 0.1) is 38.4 Å². The van der Waals surface area contributed by atoms with Crippen molar-refractivity contribution >= 4 is 17.4 Å². The van der Waals surface area contributed by atoms with Crippen molar-refractivity contribution in [1.82, 2.24) is 0 Å². The molecule has 0 saturated carbocycles. The molecule has 0 amide bonds. The third-order valence-corrected chi connectivity index (χ3v) is 5.81. The van der Waals surface area contributed by atoms with Crippen LogP contribution >= 0.6 is 11.8 Å². The molecule has 0 aliphatic rings. The first-order valence-electron chi connectivity index (χ1n) is 9.63. The van der Waals surface area contributed by atoms with Crippen LogP contribution in [0.25, 0.3) is 0 Å². The molecule has 0 bridgehead atoms. The average Bonchev–Trinajstić information content (AvgIpc) is 2.75. The molecular formula is C22H29NO5S. The molecule has 6 nitrogen and oxygen atoms in total. The number of nitrogens with zero attached hydrogens (tertiary/aromatic N) is 1. The third kappa shape index (κ3) is 6.65. The monoisotopic (exact) mass is 419 g/mol. The number of thioether (sulfide) groups is 1. The normalized spacial score (nSPS) is 11.9. The van der Waals surface area contributed by atoms with Gasteiger partial charge in [0, 0.05) is 17.1 Å². The number of benzene rings is 2. The van der Waals surface area contributed by atoms with E-state index in [1.165, 1.54) is 25.8 Å². The summed E-state index contributed by atoms with van der Waals surface area (Å²) in [5, 5.41) is 11.3. The predicted molar refractivity (Wildman–Crippen MR) is 117 cm³/mol. The fourth-order valence-electron chi connectivity index (χ4n) is 2.86. The number of methoxy groups -OCH3 is 2. The van der Waals surface area contributed by atoms with Crippen molar-refractivity contribution in [3.05, 3.63) is 63.2 Å². The molecule has 0 aliphatic carbocycles. The average molecular weight is 420 g/mol. The molecule has 0 spiro atoms. The molecule has 0 heterocycles. The van der Waals surface area contributed by atoms with Crippen molar-refractivity contribution in [2.45, 2.75) is 38.5 Å². The second-order valence-corrected chi connectivity index (χ2v) is 7.85. The number of ether oxygens (including phenoxy) is 3. The molecule has 2 aromatic rings. The topological polar surface area (TPSA) is 70.8 Å². The Morgan fingerprint density at radius 1 is 1.10 bits per heavy atom. The fraction of sp³-hybridized carbons (Fsp3) is 0.455. The Kier molecular flexibility index (Phi) is 9.28. The summed E-state index contributed by atoms with van der Waals surface area (Å²) in [6, 6.07) is 11.6. The smallest absolute Gasteiger partial charge is 0.277 e. The molecule has 7 heteroatoms. The number of rotatable bonds is 12. The van der Waals surface area contributed by atoms with Gasteiger partial charge in [-0.2, -0.15) is 11.8 Å². The summed E-state index contributed by atoms with van der Waals surface area (Å²) >= 11 is 1.59. The molecule has 0 saturated heterocycles. The van der Waals surface area contributed by atoms with Crippen LogP contribution in [0.3, 0.4) is 0 Å². The fourth-order valence-corrected chi connectivity index (χ4v) is 3.70. The van der Waals surface area contributed by atoms with Gasteiger partial charge in [0.15, 0.2) is 11.5 Å². The molecule has 1 unspecified atom stereocenters. The van der Waals surface area contributed by atoms with Crippen molar-refractivity contribution in [1.29, 1.82) is 0 Å². The Bertz CT molecular complexity index is 795. The Morgan fingerprint density at radius 2 is 1.76 bits per heavy atom. The summed E-state index contributed by atoms with van der Waals surface area (Å²) in [6.07, 6.45) is 1.13. The van der Waals surface area contributed by atoms with Crippen LogP contribution in [0.2, 0.25) is 0 Å². The van der Waals surface area contributed by atoms with Crippen LogP contribution in [-0.2, 0) is 17.1 Å². The predicted octanol–water partition coefficient (Wildman–Crippen LogP) is 5.58. The highest BCUT2D eigenvalue weighted by Gasteiger charge is 2.19. The molecule has 2 rings (SSSR count). The molecule has 29 heavy (non-hydrogen) atoms. The SMILES string of the molecule is CCC(C)c1ccc(COCCSCc2cc(OC)c(OC)cc2[N+](=O)[O-])cc1. The lowest BCUT2D eigenvalue weighted by Gasteiger charge is -2.11. The zero-order valence-corrected chi connectivity index (χ0v) is 18.3. The van der Waals surface area contributed by atoms with Gasteiger partial charge in [-0.15, -0.1) is 0 Å². The Balaban J connectivity index is 1.81. The van der Waals surface area contributed by atoms with Crippen molar-refractivity contribution in [3.63, 3.8) is 0 Å². The lowest BCUT2D eigenvalue weighted by molar-refractivity contribution is -0.385. The van der Waals surface area contributed by atoms with Crippen LogP contribution in [0.15, 0.2) is 36.4 Å². The van der Waals surface area contributed by atoms with E-state index < -0.39 is 4.92 Å². The van der Waals surface area contributed by atoms with Gasteiger partial charge in [0.1, 0.15) is 0 Å². The van der Waals surface area contributed by atoms with Crippen LogP contribution in [0.1, 0.15) is 42.9 Å². The minimum atomic E-state index is -0.391. The number of hydrogen-bond acceptors (Lipinski definition) is 6. The highest BCUT2D eigenvalue weighted by Crippen LogP contribution is 2.36. The van der Waals surface area contributed by atoms with Crippen LogP contribution in [0.4, 0.5) is 5.69 Å². The van der Waals surface area contributed by atoms with E-state index in [-0.39, 0.29) is 5.69 Å². The van der Waals surface area contributed by atoms with Gasteiger partial charge in [0.2, 0.25) is 0 Å². The van der Waals surface area contributed by atoms with Crippen molar-refractivity contribution < 1.29 is 19.1 Å². The number of nitro benzene ring substituents is 1. The highest BCUT2D eigenvalue weighted by molar-refractivity contribution is 7.98. The minimum Gasteiger partial charge on any atom is -0.493 e. The second-order valence-electron chi connectivity index (χ2n) is 6.75. The van der Waals surface area contributed by atoms with Crippen LogP contribution < -0.4 is 9.47 Å². The Hall–Kier alpha value is -2.25. The van der Waals surface area contributed by atoms with Crippen molar-refractivity contribution in [2.75, 3.05) is 26.6 Å². The minimum absolute atomic E-state index is 0.0393. The summed E-state index contributed by atoms with van der Waals surface area (Å²) in [6.45, 7) is 5.57. The zero-order valence-electron chi connectivity index (χ0n) is 17.5. The highest BCUT2D eigenvalue weighted by atomic mass is 32.2. The molecule has 0 aliphatic heterocycles. The summed E-state index contributed by atoms with van der Waals surface area (Å²) in [4.78, 5) is 11.0. The van der Waals surface area contributed by atoms with Gasteiger partial charge >= 0.3 is 0 Å². The maximum Gasteiger partial charge on any atom is 0.277 e. The number of nitro groups is 1. The first-order chi connectivity index (χ1) is 14.0. The van der Waals surface area contributed by atoms with Crippen LogP contribution in [0, 0.1) is 10.1 Å². The van der Waals surface area contributed by atoms with E-state index in [0.717, 1.165) is 17.7 Å². The quantitative estimate of drug-likeness (QED) is 0.254. The lowest BCUT2D eigenvalue weighted by atomic mass is 9.98. The van der Waals surface area contributed by atoms with E-state index in [4.69, 9.17) is 14.2 Å². The van der Waals surface area contributed by atoms with E-state index in [2.05, 4.69) is 38.1 Å². The largest absolute Gasteiger partial charge is 0.493 e. The number of hydrogen-bond donors (Lipinski definition) is 0. The first-order valence-corrected chi connectivity index (χ1v) is 10.8. The lowest BCUT2D eigenvalue weighted by Crippen LogP contribution is -2.01. The van der Waals surface area contributed by atoms with E-state index in [1.807, 2.05) is 0 Å². The van der Waals surface area contributed by atoms with E-state index in [0.29, 0.717) is 41.9 Å². The molecule has 0 fully saturated rings. The van der Waals surface area contributed by atoms with E-state index in [9.17, 15) is 10.1 Å².